The summed E-state index contributed by atoms with van der Waals surface area (Å²) in [6.45, 7) is 22.6. The van der Waals surface area contributed by atoms with E-state index in [0.717, 1.165) is 34.7 Å². The van der Waals surface area contributed by atoms with E-state index in [4.69, 9.17) is 23.2 Å². The van der Waals surface area contributed by atoms with Gasteiger partial charge in [-0.05, 0) is 166 Å². The van der Waals surface area contributed by atoms with Gasteiger partial charge in [0.25, 0.3) is 23.6 Å². The van der Waals surface area contributed by atoms with Gasteiger partial charge >= 0.3 is 0 Å². The number of hydrogen-bond acceptors (Lipinski definition) is 24. The van der Waals surface area contributed by atoms with Crippen LogP contribution in [0.5, 0.6) is 69.0 Å². The number of carbonyl (C=O) groups excluding carboxylic acids is 4. The minimum Gasteiger partial charge on any atom is -0.507 e. The Labute approximate surface area is 871 Å². The van der Waals surface area contributed by atoms with E-state index in [1.165, 1.54) is 12.4 Å². The lowest BCUT2D eigenvalue weighted by Gasteiger charge is -2.23. The van der Waals surface area contributed by atoms with Gasteiger partial charge in [0.15, 0.2) is 68.8 Å². The highest BCUT2D eigenvalue weighted by Gasteiger charge is 2.41. The van der Waals surface area contributed by atoms with E-state index < -0.39 is 69.3 Å². The third-order valence-corrected chi connectivity index (χ3v) is 28.3. The number of phenolic OH excluding ortho intramolecular Hbond substituents is 12. The molecule has 16 aromatic rings. The molecule has 0 aromatic heterocycles. The van der Waals surface area contributed by atoms with Gasteiger partial charge in [-0.1, -0.05) is 261 Å². The summed E-state index contributed by atoms with van der Waals surface area (Å²) in [5.74, 6) is -8.87. The molecule has 0 atom stereocenters. The van der Waals surface area contributed by atoms with Gasteiger partial charge in [-0.25, -0.2) is 0 Å². The number of nitrogens with zero attached hydrogens (tertiary/aromatic N) is 12. The molecule has 0 radical (unpaired) electrons. The Morgan fingerprint density at radius 3 is 0.687 bits per heavy atom. The molecule has 0 unspecified atom stereocenters. The quantitative estimate of drug-likeness (QED) is 0.0170. The Hall–Kier alpha value is -18.0. The number of fused-ring (bicyclic) bond motifs is 8. The van der Waals surface area contributed by atoms with Crippen molar-refractivity contribution in [2.45, 2.75) is 133 Å². The summed E-state index contributed by atoms with van der Waals surface area (Å²) in [5.41, 5.74) is 11.3. The molecule has 30 heteroatoms. The van der Waals surface area contributed by atoms with Crippen LogP contribution < -0.4 is 19.6 Å². The van der Waals surface area contributed by atoms with Gasteiger partial charge < -0.3 is 80.9 Å². The average molecular weight is 2040 g/mol. The van der Waals surface area contributed by atoms with E-state index in [1.807, 2.05) is 201 Å². The molecule has 150 heavy (non-hydrogen) atoms. The number of halogens is 2. The van der Waals surface area contributed by atoms with E-state index in [1.54, 1.807) is 132 Å². The lowest BCUT2D eigenvalue weighted by Crippen LogP contribution is -2.29. The van der Waals surface area contributed by atoms with Crippen molar-refractivity contribution in [2.24, 2.45) is 40.8 Å². The van der Waals surface area contributed by atoms with E-state index >= 15 is 0 Å². The number of rotatable bonds is 22. The van der Waals surface area contributed by atoms with Crippen LogP contribution >= 0.6 is 23.2 Å². The molecule has 4 amide bonds. The van der Waals surface area contributed by atoms with Crippen molar-refractivity contribution in [1.82, 2.24) is 0 Å². The van der Waals surface area contributed by atoms with Crippen molar-refractivity contribution in [3.8, 4) is 91.2 Å². The molecule has 4 aliphatic rings. The highest BCUT2D eigenvalue weighted by atomic mass is 35.5. The van der Waals surface area contributed by atoms with Crippen molar-refractivity contribution in [3.63, 3.8) is 0 Å². The van der Waals surface area contributed by atoms with Crippen LogP contribution in [-0.2, 0) is 45.4 Å². The van der Waals surface area contributed by atoms with Crippen LogP contribution in [0.25, 0.3) is 65.3 Å². The zero-order valence-electron chi connectivity index (χ0n) is 83.5. The van der Waals surface area contributed by atoms with E-state index in [9.17, 15) is 80.5 Å². The average Bonchev–Trinajstić information content (AvgIpc) is 1.12. The molecular weight excluding hydrogens is 1940 g/mol. The number of carbonyl (C=O) groups is 4. The Bertz CT molecular complexity index is 8160. The maximum absolute atomic E-state index is 14.1. The number of hydrogen-bond donors (Lipinski definition) is 12. The van der Waals surface area contributed by atoms with Crippen molar-refractivity contribution in [1.29, 1.82) is 0 Å². The SMILES string of the molecule is Cc1cc2c(C(C)C)c(O)c(O)c(/C=N/N=C3\C(=O)N(Cc4ccccc4)c4ccc(Cl)cc43)c2c(O)c1-c1c(C)cc2c(C(C)C)c(O)c(O)c(/C=N/N=C3/C(=O)N(Cc4ccccc4)c4ccc(Cl)cc43)c2c1O.Cc1cc2c(C(C)C)c(O)c(O)c(/C=N/N=C3\C(=O)N(Cc4ccccc4)c4ccccc43)c2c(O)c1-c1c(C)cc2c(C(C)C)c(O)c(O)c(/C=N/N=C3/C(=O)N(Cc4ccccc4)c4ccccc43)c2c1O. The highest BCUT2D eigenvalue weighted by molar-refractivity contribution is 6.57. The van der Waals surface area contributed by atoms with E-state index in [2.05, 4.69) is 40.8 Å². The third-order valence-electron chi connectivity index (χ3n) is 27.8. The molecule has 0 saturated heterocycles. The first-order chi connectivity index (χ1) is 72.0. The van der Waals surface area contributed by atoms with Crippen LogP contribution in [-0.4, -0.2) is 133 Å². The largest absolute Gasteiger partial charge is 0.507 e. The standard InChI is InChI=1S/C60H50Cl2N6O8.C60H52N6O8/c1-29(2)45-39-21-31(5)47(55(71)49(39)41(53(69)57(45)73)25-63-65-51-37-23-35(61)17-19-43(37)67(59(51)75)27-33-13-9-7-10-14-33)48-32(6)22-40-46(30(3)4)58(74)54(70)42(50(40)56(48)72)26-64-66-52-38-24-36(62)18-20-44(38)68(60(52)76)28-34-15-11-8-12-16-34;1-31(2)45-39-25-33(5)47(55(69)49(39)41(53(67)57(45)71)27-61-63-51-37-21-13-15-23-43(37)65(59(51)73)29-35-17-9-7-10-18-35)48-34(6)26-40-46(32(3)4)58(72)54(68)42(50(40)56(48)70)28-62-64-52-38-22-14-16-24-44(38)66(60(52)74)30-36-19-11-8-12-20-36/h7-26,29-30,69-74H,27-28H2,1-6H3;7-28,31-32,67-72H,29-30H2,1-6H3/b63-25+,64-26+,65-51-,66-52+;61-27+,62-28+,63-51-,64-52+. The third kappa shape index (κ3) is 17.7. The smallest absolute Gasteiger partial charge is 0.279 e. The fraction of sp³-hybridized carbons (Fsp3) is 0.167. The number of anilines is 4. The fourth-order valence-corrected chi connectivity index (χ4v) is 21.3. The van der Waals surface area contributed by atoms with Crippen LogP contribution in [0.2, 0.25) is 10.0 Å². The highest BCUT2D eigenvalue weighted by Crippen LogP contribution is 2.59. The van der Waals surface area contributed by atoms with Gasteiger partial charge in [0.2, 0.25) is 0 Å². The zero-order chi connectivity index (χ0) is 106. The molecule has 0 fully saturated rings. The van der Waals surface area contributed by atoms with Gasteiger partial charge in [0.1, 0.15) is 23.0 Å². The van der Waals surface area contributed by atoms with Gasteiger partial charge in [-0.3, -0.25) is 19.2 Å². The van der Waals surface area contributed by atoms with Crippen LogP contribution in [0.15, 0.2) is 271 Å². The summed E-state index contributed by atoms with van der Waals surface area (Å²) in [6, 6.07) is 69.4. The molecule has 0 aliphatic carbocycles. The molecule has 0 spiro atoms. The van der Waals surface area contributed by atoms with Crippen molar-refractivity contribution < 1.29 is 80.5 Å². The van der Waals surface area contributed by atoms with E-state index in [-0.39, 0.29) is 149 Å². The predicted molar refractivity (Wildman–Crippen MR) is 592 cm³/mol. The zero-order valence-corrected chi connectivity index (χ0v) is 85.0. The second-order valence-corrected chi connectivity index (χ2v) is 39.6. The molecule has 4 aliphatic heterocycles. The van der Waals surface area contributed by atoms with Crippen LogP contribution in [0.3, 0.4) is 0 Å². The lowest BCUT2D eigenvalue weighted by atomic mass is 9.83. The Morgan fingerprint density at radius 1 is 0.253 bits per heavy atom. The predicted octanol–water partition coefficient (Wildman–Crippen LogP) is 24.3. The molecule has 752 valence electrons. The van der Waals surface area contributed by atoms with Gasteiger partial charge in [-0.2, -0.15) is 20.4 Å². The second-order valence-electron chi connectivity index (χ2n) is 38.7. The van der Waals surface area contributed by atoms with Crippen molar-refractivity contribution in [2.75, 3.05) is 19.6 Å². The molecule has 0 bridgehead atoms. The van der Waals surface area contributed by atoms with Gasteiger partial charge in [0, 0.05) is 98.4 Å². The number of para-hydroxylation sites is 2. The van der Waals surface area contributed by atoms with Gasteiger partial charge in [0.05, 0.1) is 96.0 Å². The van der Waals surface area contributed by atoms with Crippen molar-refractivity contribution >= 4 is 160 Å². The van der Waals surface area contributed by atoms with Crippen LogP contribution in [0, 0.1) is 27.7 Å². The molecule has 0 saturated carbocycles. The number of phenols is 12. The Balaban J connectivity index is 0.000000188. The number of amides is 4. The summed E-state index contributed by atoms with van der Waals surface area (Å²) >= 11 is 12.9. The maximum atomic E-state index is 14.1. The number of aryl methyl sites for hydroxylation is 4. The first kappa shape index (κ1) is 101. The Kier molecular flexibility index (Phi) is 27.1. The number of benzene rings is 16. The molecule has 12 N–H and O–H groups in total. The first-order valence-corrected chi connectivity index (χ1v) is 49.3. The normalized spacial score (nSPS) is 14.7. The van der Waals surface area contributed by atoms with Crippen LogP contribution in [0.1, 0.15) is 190 Å². The minimum absolute atomic E-state index is 0.0242. The summed E-state index contributed by atoms with van der Waals surface area (Å²) in [4.78, 5) is 62.4. The maximum Gasteiger partial charge on any atom is 0.279 e. The summed E-state index contributed by atoms with van der Waals surface area (Å²) in [7, 11) is 0. The molecule has 20 rings (SSSR count). The number of aromatic hydroxyl groups is 12. The first-order valence-electron chi connectivity index (χ1n) is 48.6. The van der Waals surface area contributed by atoms with E-state index in [0.29, 0.717) is 134 Å². The summed E-state index contributed by atoms with van der Waals surface area (Å²) in [6.07, 6.45) is 4.64. The molecular formula is C120H102Cl2N12O16. The lowest BCUT2D eigenvalue weighted by molar-refractivity contribution is -0.113. The Morgan fingerprint density at radius 2 is 0.460 bits per heavy atom. The molecule has 16 aromatic carbocycles. The summed E-state index contributed by atoms with van der Waals surface area (Å²) in [5, 5.41) is 182. The molecule has 4 heterocycles. The topological polar surface area (TPSA) is 423 Å². The molecule has 28 nitrogen and oxygen atoms in total. The van der Waals surface area contributed by atoms with Crippen LogP contribution in [0.4, 0.5) is 22.7 Å². The van der Waals surface area contributed by atoms with Gasteiger partial charge in [-0.15, -0.1) is 20.4 Å². The monoisotopic (exact) mass is 2040 g/mol. The minimum atomic E-state index is -0.618. The summed E-state index contributed by atoms with van der Waals surface area (Å²) < 4.78 is 0. The van der Waals surface area contributed by atoms with Crippen molar-refractivity contribution in [3.05, 3.63) is 352 Å². The fourth-order valence-electron chi connectivity index (χ4n) is 21.0. The second kappa shape index (κ2) is 40.4.